The summed E-state index contributed by atoms with van der Waals surface area (Å²) in [7, 11) is 5.19. The maximum absolute atomic E-state index is 14.6. The number of ketones is 2. The van der Waals surface area contributed by atoms with Gasteiger partial charge in [0, 0.05) is 36.7 Å². The van der Waals surface area contributed by atoms with Crippen LogP contribution in [-0.4, -0.2) is 128 Å². The molecule has 1 saturated heterocycles. The molecule has 0 spiro atoms. The summed E-state index contributed by atoms with van der Waals surface area (Å²) in [5.74, 6) is -9.03. The van der Waals surface area contributed by atoms with E-state index in [1.54, 1.807) is 6.92 Å². The lowest BCUT2D eigenvalue weighted by atomic mass is 9.52. The third kappa shape index (κ3) is 4.76. The Labute approximate surface area is 285 Å². The zero-order chi connectivity index (χ0) is 36.9. The fourth-order valence-corrected chi connectivity index (χ4v) is 8.66. The zero-order valence-corrected chi connectivity index (χ0v) is 28.4. The van der Waals surface area contributed by atoms with E-state index in [2.05, 4.69) is 0 Å². The van der Waals surface area contributed by atoms with Crippen molar-refractivity contribution in [3.63, 3.8) is 0 Å². The third-order valence-corrected chi connectivity index (χ3v) is 10.9. The first-order valence-corrected chi connectivity index (χ1v) is 15.5. The molecule has 9 atom stereocenters. The lowest BCUT2D eigenvalue weighted by molar-refractivity contribution is -0.321. The summed E-state index contributed by atoms with van der Waals surface area (Å²) in [4.78, 5) is 41.7. The first kappa shape index (κ1) is 36.9. The molecule has 49 heavy (non-hydrogen) atoms. The number of aliphatic hydroxyl groups excluding tert-OH is 2. The Balaban J connectivity index is 1.82. The number of hydroxylamine groups is 2. The molecule has 1 aromatic rings. The van der Waals surface area contributed by atoms with Crippen LogP contribution in [0.2, 0.25) is 5.02 Å². The molecule has 1 amide bonds. The molecule has 0 radical (unpaired) electrons. The molecule has 1 aliphatic heterocycles. The quantitative estimate of drug-likeness (QED) is 0.150. The average Bonchev–Trinajstić information content (AvgIpc) is 2.98. The van der Waals surface area contributed by atoms with Crippen molar-refractivity contribution in [2.24, 2.45) is 11.7 Å². The minimum atomic E-state index is -3.43. The first-order valence-electron chi connectivity index (χ1n) is 15.1. The van der Waals surface area contributed by atoms with E-state index in [0.29, 0.717) is 0 Å². The van der Waals surface area contributed by atoms with Crippen molar-refractivity contribution in [3.8, 4) is 11.5 Å². The van der Waals surface area contributed by atoms with Gasteiger partial charge in [0.25, 0.3) is 5.91 Å². The number of rotatable bonds is 7. The number of phenolic OH excluding ortho intramolecular Hbond substituents is 1. The molecule has 0 aromatic heterocycles. The Morgan fingerprint density at radius 1 is 1.14 bits per heavy atom. The van der Waals surface area contributed by atoms with Gasteiger partial charge >= 0.3 is 0 Å². The number of carbonyl (C=O) groups is 3. The summed E-state index contributed by atoms with van der Waals surface area (Å²) < 4.78 is 23.4. The van der Waals surface area contributed by atoms with Gasteiger partial charge < -0.3 is 60.6 Å². The molecule has 4 aliphatic rings. The van der Waals surface area contributed by atoms with Crippen LogP contribution < -0.4 is 10.5 Å². The predicted octanol–water partition coefficient (Wildman–Crippen LogP) is 0.528. The molecule has 5 rings (SSSR count). The number of likely N-dealkylation sites (N-methyl/N-ethyl adjacent to an activating group) is 1. The highest BCUT2D eigenvalue weighted by molar-refractivity contribution is 6.33. The van der Waals surface area contributed by atoms with E-state index < -0.39 is 111 Å². The van der Waals surface area contributed by atoms with Gasteiger partial charge in [-0.25, -0.2) is 0 Å². The summed E-state index contributed by atoms with van der Waals surface area (Å²) in [5.41, 5.74) is -7.15. The number of aliphatic hydroxyl groups is 4. The van der Waals surface area contributed by atoms with Crippen molar-refractivity contribution in [2.75, 3.05) is 28.3 Å². The number of hydrogen-bond donors (Lipinski definition) is 7. The molecular weight excluding hydrogens is 674 g/mol. The van der Waals surface area contributed by atoms with E-state index in [-0.39, 0.29) is 28.0 Å². The van der Waals surface area contributed by atoms with E-state index >= 15 is 0 Å². The molecule has 18 heteroatoms. The summed E-state index contributed by atoms with van der Waals surface area (Å²) in [6.07, 6.45) is -4.48. The second kappa shape index (κ2) is 11.9. The average molecular weight is 713 g/mol. The second-order valence-electron chi connectivity index (χ2n) is 13.4. The predicted molar refractivity (Wildman–Crippen MR) is 167 cm³/mol. The number of nitrogens with two attached hydrogens (primary N) is 1. The number of halogens is 1. The zero-order valence-electron chi connectivity index (χ0n) is 27.7. The second-order valence-corrected chi connectivity index (χ2v) is 13.8. The number of ether oxygens (including phenoxy) is 4. The smallest absolute Gasteiger partial charge is 0.255 e. The van der Waals surface area contributed by atoms with Crippen molar-refractivity contribution in [1.82, 2.24) is 10.1 Å². The molecule has 1 saturated carbocycles. The van der Waals surface area contributed by atoms with E-state index in [9.17, 15) is 50.3 Å². The maximum atomic E-state index is 14.6. The minimum Gasteiger partial charge on any atom is -0.762 e. The highest BCUT2D eigenvalue weighted by Gasteiger charge is 2.74. The van der Waals surface area contributed by atoms with Crippen LogP contribution in [0, 0.1) is 11.1 Å². The number of benzene rings is 1. The van der Waals surface area contributed by atoms with Crippen LogP contribution in [0.4, 0.5) is 0 Å². The Bertz CT molecular complexity index is 1700. The monoisotopic (exact) mass is 712 g/mol. The van der Waals surface area contributed by atoms with Crippen molar-refractivity contribution < 1.29 is 64.1 Å². The molecular formula is C31H39ClN3O14-. The van der Waals surface area contributed by atoms with E-state index in [1.807, 2.05) is 0 Å². The van der Waals surface area contributed by atoms with Gasteiger partial charge in [-0.05, 0) is 41.3 Å². The molecule has 0 bridgehead atoms. The van der Waals surface area contributed by atoms with Gasteiger partial charge in [0.2, 0.25) is 11.4 Å². The third-order valence-electron chi connectivity index (χ3n) is 10.5. The van der Waals surface area contributed by atoms with Crippen LogP contribution >= 0.6 is 11.6 Å². The molecule has 2 fully saturated rings. The topological polar surface area (TPSA) is 265 Å². The molecule has 8 N–H and O–H groups in total. The SMILES string of the molecule is COc1cc(O)c2c(c1Cl)[C@](C)(O[C@@H]1C[C@](C)(N([O-])O)[C@H](OC)[C@H](C)O1)[C@H]1C[C@@]3(O)[C@@H](N(C)C)C(=O)C(C(N)=O)=C(O)[C@]3(O)C(=O)C1=C2O. The van der Waals surface area contributed by atoms with Gasteiger partial charge in [0.15, 0.2) is 17.8 Å². The number of aromatic hydroxyl groups is 1. The molecule has 1 aromatic carbocycles. The number of fused-ring (bicyclic) bond motifs is 3. The number of hydrogen-bond acceptors (Lipinski definition) is 16. The Morgan fingerprint density at radius 3 is 2.27 bits per heavy atom. The molecule has 1 heterocycles. The number of methoxy groups -OCH3 is 2. The number of nitrogens with zero attached hydrogens (tertiary/aromatic N) is 2. The highest BCUT2D eigenvalue weighted by Crippen LogP contribution is 2.62. The minimum absolute atomic E-state index is 0.102. The van der Waals surface area contributed by atoms with Gasteiger partial charge in [-0.15, -0.1) is 0 Å². The van der Waals surface area contributed by atoms with Gasteiger partial charge in [-0.1, -0.05) is 11.6 Å². The molecule has 0 unspecified atom stereocenters. The van der Waals surface area contributed by atoms with Crippen LogP contribution in [0.1, 0.15) is 44.7 Å². The van der Waals surface area contributed by atoms with Gasteiger partial charge in [-0.2, -0.15) is 0 Å². The van der Waals surface area contributed by atoms with Crippen LogP contribution in [0.5, 0.6) is 11.5 Å². The van der Waals surface area contributed by atoms with E-state index in [4.69, 9.17) is 36.3 Å². The number of phenols is 1. The van der Waals surface area contributed by atoms with Crippen LogP contribution in [0.15, 0.2) is 23.0 Å². The van der Waals surface area contributed by atoms with Crippen LogP contribution in [-0.2, 0) is 34.2 Å². The van der Waals surface area contributed by atoms with Crippen molar-refractivity contribution in [1.29, 1.82) is 0 Å². The molecule has 3 aliphatic carbocycles. The standard InChI is InChI=1S/C31H39ClN3O14/c1-11-26(47-7)28(2,35(44)45)10-15(48-11)49-29(3)12-9-30(42)23(34(4)5)22(38)18(27(33)41)25(40)31(30,43)24(39)16(12)21(37)17-13(36)8-14(46-6)20(32)19(17)29/h8,11-12,15,23,26,36-37,40,42-44H,9-10H2,1-7H3,(H2,33,41)/q-1/t11-,12-,15+,23-,26+,28-,29+,30+,31+/m0/s1. The Morgan fingerprint density at radius 2 is 1.76 bits per heavy atom. The van der Waals surface area contributed by atoms with E-state index in [0.717, 1.165) is 11.0 Å². The highest BCUT2D eigenvalue weighted by atomic mass is 35.5. The van der Waals surface area contributed by atoms with Crippen molar-refractivity contribution >= 4 is 34.8 Å². The number of Topliss-reactive ketones (excluding diaryl/α,β-unsaturated/α-hetero) is 2. The maximum Gasteiger partial charge on any atom is 0.255 e. The van der Waals surface area contributed by atoms with Crippen molar-refractivity contribution in [2.45, 2.75) is 80.5 Å². The lowest BCUT2D eigenvalue weighted by Gasteiger charge is -2.59. The van der Waals surface area contributed by atoms with Crippen LogP contribution in [0.25, 0.3) is 5.76 Å². The number of amides is 1. The van der Waals surface area contributed by atoms with Gasteiger partial charge in [0.1, 0.15) is 46.2 Å². The summed E-state index contributed by atoms with van der Waals surface area (Å²) in [5, 5.41) is 80.8. The van der Waals surface area contributed by atoms with Gasteiger partial charge in [0.05, 0.1) is 29.3 Å². The lowest BCUT2D eigenvalue weighted by Crippen LogP contribution is -2.77. The normalized spacial score (nSPS) is 37.7. The van der Waals surface area contributed by atoms with Gasteiger partial charge in [-0.3, -0.25) is 24.5 Å². The Kier molecular flexibility index (Phi) is 8.94. The Hall–Kier alpha value is -3.36. The number of carbonyl (C=O) groups excluding carboxylic acids is 3. The fraction of sp³-hybridized carbons (Fsp3) is 0.581. The largest absolute Gasteiger partial charge is 0.762 e. The molecule has 270 valence electrons. The first-order chi connectivity index (χ1) is 22.6. The summed E-state index contributed by atoms with van der Waals surface area (Å²) >= 11 is 6.83. The van der Waals surface area contributed by atoms with Crippen LogP contribution in [0.3, 0.4) is 0 Å². The fourth-order valence-electron chi connectivity index (χ4n) is 8.24. The number of primary amides is 1. The summed E-state index contributed by atoms with van der Waals surface area (Å²) in [6.45, 7) is 4.32. The van der Waals surface area contributed by atoms with Crippen molar-refractivity contribution in [3.05, 3.63) is 44.3 Å². The van der Waals surface area contributed by atoms with E-state index in [1.165, 1.54) is 42.2 Å². The molecule has 17 nitrogen and oxygen atoms in total. The summed E-state index contributed by atoms with van der Waals surface area (Å²) in [6, 6.07) is -0.829.